The molecule has 0 aliphatic carbocycles. The van der Waals surface area contributed by atoms with Gasteiger partial charge in [-0.15, -0.1) is 0 Å². The van der Waals surface area contributed by atoms with Crippen LogP contribution in [0.25, 0.3) is 15.6 Å². The Balaban J connectivity index is 0.000000288. The lowest BCUT2D eigenvalue weighted by Gasteiger charge is -2.32. The minimum Gasteiger partial charge on any atom is -0.461 e. The first-order chi connectivity index (χ1) is 20.3. The average Bonchev–Trinajstić information content (AvgIpc) is 3.00. The van der Waals surface area contributed by atoms with E-state index in [1.807, 2.05) is 13.8 Å². The molecule has 10 nitrogen and oxygen atoms in total. The van der Waals surface area contributed by atoms with E-state index in [1.54, 1.807) is 4.90 Å². The highest BCUT2D eigenvalue weighted by molar-refractivity contribution is 5.94. The monoisotopic (exact) mass is 571 g/mol. The number of amides is 1. The van der Waals surface area contributed by atoms with Crippen LogP contribution in [0, 0.1) is 6.57 Å². The van der Waals surface area contributed by atoms with Crippen molar-refractivity contribution in [1.29, 1.82) is 0 Å². The normalized spacial score (nSPS) is 17.3. The zero-order valence-corrected chi connectivity index (χ0v) is 24.8. The van der Waals surface area contributed by atoms with Gasteiger partial charge < -0.3 is 34.8 Å². The van der Waals surface area contributed by atoms with Gasteiger partial charge in [0.15, 0.2) is 0 Å². The van der Waals surface area contributed by atoms with Gasteiger partial charge >= 0.3 is 6.01 Å². The zero-order chi connectivity index (χ0) is 30.1. The number of anilines is 2. The summed E-state index contributed by atoms with van der Waals surface area (Å²) < 4.78 is 11.6. The summed E-state index contributed by atoms with van der Waals surface area (Å²) in [4.78, 5) is 29.7. The van der Waals surface area contributed by atoms with E-state index >= 15 is 0 Å². The van der Waals surface area contributed by atoms with Crippen molar-refractivity contribution in [1.82, 2.24) is 19.8 Å². The number of aromatic nitrogens is 2. The van der Waals surface area contributed by atoms with Crippen molar-refractivity contribution in [2.75, 3.05) is 63.6 Å². The predicted molar refractivity (Wildman–Crippen MR) is 166 cm³/mol. The van der Waals surface area contributed by atoms with Crippen molar-refractivity contribution in [3.8, 4) is 6.01 Å². The maximum Gasteiger partial charge on any atom is 0.318 e. The second-order valence-corrected chi connectivity index (χ2v) is 10.6. The molecular weight excluding hydrogens is 530 g/mol. The lowest BCUT2D eigenvalue weighted by atomic mass is 10.0. The molecule has 1 unspecified atom stereocenters. The zero-order valence-electron chi connectivity index (χ0n) is 24.8. The van der Waals surface area contributed by atoms with Gasteiger partial charge in [0.2, 0.25) is 12.5 Å². The number of nitrogens with two attached hydrogens (primary N) is 1. The highest BCUT2D eigenvalue weighted by Gasteiger charge is 2.24. The number of likely N-dealkylation sites (N-methyl/N-ethyl adjacent to an activating group) is 2. The largest absolute Gasteiger partial charge is 0.461 e. The van der Waals surface area contributed by atoms with Crippen LogP contribution in [0.5, 0.6) is 6.01 Å². The van der Waals surface area contributed by atoms with Crippen LogP contribution < -0.4 is 15.4 Å². The van der Waals surface area contributed by atoms with Crippen molar-refractivity contribution >= 4 is 28.2 Å². The highest BCUT2D eigenvalue weighted by Crippen LogP contribution is 2.32. The summed E-state index contributed by atoms with van der Waals surface area (Å²) >= 11 is 0. The molecule has 5 rings (SSSR count). The fourth-order valence-corrected chi connectivity index (χ4v) is 5.36. The van der Waals surface area contributed by atoms with Crippen LogP contribution in [0.1, 0.15) is 25.1 Å². The van der Waals surface area contributed by atoms with E-state index in [0.29, 0.717) is 38.1 Å². The molecule has 1 aromatic heterocycles. The number of morpholine rings is 1. The van der Waals surface area contributed by atoms with Gasteiger partial charge in [-0.1, -0.05) is 43.0 Å². The second kappa shape index (κ2) is 14.6. The van der Waals surface area contributed by atoms with Crippen molar-refractivity contribution in [3.63, 3.8) is 0 Å². The quantitative estimate of drug-likeness (QED) is 0.322. The van der Waals surface area contributed by atoms with E-state index in [9.17, 15) is 4.79 Å². The van der Waals surface area contributed by atoms with Crippen LogP contribution in [-0.2, 0) is 22.5 Å². The van der Waals surface area contributed by atoms with E-state index < -0.39 is 0 Å². The molecule has 3 heterocycles. The average molecular weight is 572 g/mol. The number of hydrogen-bond donors (Lipinski definition) is 1. The van der Waals surface area contributed by atoms with Crippen LogP contribution in [0.4, 0.5) is 11.5 Å². The first-order valence-electron chi connectivity index (χ1n) is 14.4. The summed E-state index contributed by atoms with van der Waals surface area (Å²) in [6.45, 7) is 19.3. The molecule has 0 saturated carbocycles. The molecule has 2 aliphatic heterocycles. The van der Waals surface area contributed by atoms with Crippen molar-refractivity contribution in [2.24, 2.45) is 0 Å². The Bertz CT molecular complexity index is 1420. The van der Waals surface area contributed by atoms with Crippen LogP contribution in [0.2, 0.25) is 0 Å². The molecule has 2 aliphatic rings. The molecule has 222 valence electrons. The number of benzene rings is 2. The summed E-state index contributed by atoms with van der Waals surface area (Å²) in [6, 6.07) is 15.2. The third-order valence-corrected chi connectivity index (χ3v) is 7.61. The minimum atomic E-state index is -0.103. The molecule has 0 bridgehead atoms. The molecule has 1 fully saturated rings. The summed E-state index contributed by atoms with van der Waals surface area (Å²) in [6.07, 6.45) is 2.13. The van der Waals surface area contributed by atoms with E-state index in [-0.39, 0.29) is 18.1 Å². The van der Waals surface area contributed by atoms with Crippen LogP contribution >= 0.6 is 0 Å². The topological polar surface area (TPSA) is 101 Å². The number of carbonyl (C=O) groups excluding carboxylic acids is 1. The number of nitrogens with zero attached hydrogens (tertiary/aromatic N) is 6. The first kappa shape index (κ1) is 30.8. The molecule has 42 heavy (non-hydrogen) atoms. The number of carbonyl (C=O) groups is 1. The van der Waals surface area contributed by atoms with Crippen LogP contribution in [0.3, 0.4) is 0 Å². The molecule has 1 amide bonds. The molecule has 2 N–H and O–H groups in total. The van der Waals surface area contributed by atoms with Crippen molar-refractivity contribution < 1.29 is 14.3 Å². The Morgan fingerprint density at radius 1 is 1.29 bits per heavy atom. The Labute approximate surface area is 248 Å². The summed E-state index contributed by atoms with van der Waals surface area (Å²) in [5, 5.41) is 2.49. The number of fused-ring (bicyclic) bond motifs is 2. The number of nitrogen functional groups attached to an aromatic ring is 1. The maximum atomic E-state index is 11.2. The van der Waals surface area contributed by atoms with Gasteiger partial charge in [-0.05, 0) is 44.8 Å². The fraction of sp³-hybridized carbons (Fsp3) is 0.438. The summed E-state index contributed by atoms with van der Waals surface area (Å²) in [5.74, 6) is 0.419. The van der Waals surface area contributed by atoms with E-state index in [1.165, 1.54) is 22.5 Å². The Morgan fingerprint density at radius 2 is 2.07 bits per heavy atom. The third kappa shape index (κ3) is 7.55. The lowest BCUT2D eigenvalue weighted by molar-refractivity contribution is -0.127. The molecule has 2 atom stereocenters. The Morgan fingerprint density at radius 3 is 2.81 bits per heavy atom. The maximum absolute atomic E-state index is 11.2. The Hall–Kier alpha value is -4.20. The lowest BCUT2D eigenvalue weighted by Crippen LogP contribution is -2.42. The van der Waals surface area contributed by atoms with E-state index in [2.05, 4.69) is 75.7 Å². The smallest absolute Gasteiger partial charge is 0.318 e. The van der Waals surface area contributed by atoms with Gasteiger partial charge in [-0.3, -0.25) is 4.79 Å². The molecule has 0 spiro atoms. The summed E-state index contributed by atoms with van der Waals surface area (Å²) in [5.41, 5.74) is 9.46. The van der Waals surface area contributed by atoms with Gasteiger partial charge in [0.1, 0.15) is 24.6 Å². The highest BCUT2D eigenvalue weighted by atomic mass is 16.5. The van der Waals surface area contributed by atoms with Crippen LogP contribution in [0.15, 0.2) is 55.1 Å². The molecule has 1 saturated heterocycles. The van der Waals surface area contributed by atoms with E-state index in [0.717, 1.165) is 43.9 Å². The van der Waals surface area contributed by atoms with Crippen LogP contribution in [-0.4, -0.2) is 90.8 Å². The first-order valence-corrected chi connectivity index (χ1v) is 14.4. The molecule has 0 radical (unpaired) electrons. The molecular formula is C32H41N7O3. The molecule has 2 aromatic carbocycles. The fourth-order valence-electron chi connectivity index (χ4n) is 5.36. The Kier molecular flexibility index (Phi) is 10.7. The number of hydrogen-bond acceptors (Lipinski definition) is 8. The minimum absolute atomic E-state index is 0.0157. The second-order valence-electron chi connectivity index (χ2n) is 10.6. The molecule has 10 heteroatoms. The van der Waals surface area contributed by atoms with Crippen molar-refractivity contribution in [3.05, 3.63) is 77.8 Å². The summed E-state index contributed by atoms with van der Waals surface area (Å²) in [7, 11) is 2.09. The predicted octanol–water partition coefficient (Wildman–Crippen LogP) is 3.81. The number of ether oxygens (including phenoxy) is 2. The van der Waals surface area contributed by atoms with Gasteiger partial charge in [0, 0.05) is 42.8 Å². The van der Waals surface area contributed by atoms with Gasteiger partial charge in [-0.2, -0.15) is 9.97 Å². The van der Waals surface area contributed by atoms with Crippen molar-refractivity contribution in [2.45, 2.75) is 39.0 Å². The third-order valence-electron chi connectivity index (χ3n) is 7.61. The molecule has 3 aromatic rings. The van der Waals surface area contributed by atoms with Gasteiger partial charge in [-0.25, -0.2) is 6.57 Å². The van der Waals surface area contributed by atoms with E-state index in [4.69, 9.17) is 26.8 Å². The van der Waals surface area contributed by atoms with Gasteiger partial charge in [0.25, 0.3) is 0 Å². The number of rotatable bonds is 8. The SMILES string of the molecule is CN1CCO[C@H](COc2nc(N)c3c(n2)CN(c2cccc4ccccc24)CC3)C1.[C-]#[N+]CC(C)N(CC)C(=O)C=C. The standard InChI is InChI=1S/C23H27N5O2.C9H14N2O/c1-27-11-12-29-17(13-27)15-30-23-25-20-14-28(10-9-19(20)22(24)26-23)21-8-4-6-16-5-2-3-7-18(16)21;1-5-9(12)11(6-2)8(3)7-10-4/h2-8,17H,9-15H2,1H3,(H2,24,25,26);5,8H,1,6-7H2,2-3H3/t17-;/m0./s1. The van der Waals surface area contributed by atoms with Gasteiger partial charge in [0.05, 0.1) is 18.8 Å².